The monoisotopic (exact) mass is 225 g/mol. The molecule has 1 atom stereocenters. The molecule has 1 aromatic heterocycles. The van der Waals surface area contributed by atoms with Crippen molar-refractivity contribution < 1.29 is 14.3 Å². The zero-order chi connectivity index (χ0) is 12.3. The molecule has 0 fully saturated rings. The van der Waals surface area contributed by atoms with Crippen molar-refractivity contribution in [2.75, 3.05) is 14.1 Å². The lowest BCUT2D eigenvalue weighted by Crippen LogP contribution is -2.34. The minimum Gasteiger partial charge on any atom is -0.449 e. The third-order valence-corrected chi connectivity index (χ3v) is 2.01. The first kappa shape index (κ1) is 12.2. The number of carbonyl (C=O) groups excluding carboxylic acids is 2. The Morgan fingerprint density at radius 2 is 2.12 bits per heavy atom. The molecule has 0 aliphatic carbocycles. The summed E-state index contributed by atoms with van der Waals surface area (Å²) >= 11 is 0. The van der Waals surface area contributed by atoms with Gasteiger partial charge >= 0.3 is 5.97 Å². The van der Waals surface area contributed by atoms with Gasteiger partial charge in [-0.05, 0) is 6.92 Å². The summed E-state index contributed by atoms with van der Waals surface area (Å²) < 4.78 is 6.48. The molecule has 0 saturated heterocycles. The Bertz CT molecular complexity index is 398. The van der Waals surface area contributed by atoms with Crippen LogP contribution in [0.2, 0.25) is 0 Å². The molecule has 0 N–H and O–H groups in total. The fraction of sp³-hybridized carbons (Fsp3) is 0.500. The molecule has 0 aliphatic rings. The van der Waals surface area contributed by atoms with Crippen molar-refractivity contribution in [2.45, 2.75) is 13.0 Å². The summed E-state index contributed by atoms with van der Waals surface area (Å²) in [7, 11) is 4.92. The Balaban J connectivity index is 2.61. The number of likely N-dealkylation sites (N-methyl/N-ethyl adjacent to an activating group) is 1. The van der Waals surface area contributed by atoms with Crippen molar-refractivity contribution in [3.63, 3.8) is 0 Å². The Morgan fingerprint density at radius 1 is 1.50 bits per heavy atom. The van der Waals surface area contributed by atoms with Crippen LogP contribution >= 0.6 is 0 Å². The van der Waals surface area contributed by atoms with Crippen molar-refractivity contribution in [1.82, 2.24) is 14.7 Å². The summed E-state index contributed by atoms with van der Waals surface area (Å²) in [5.74, 6) is -0.798. The SMILES string of the molecule is CC(OC(=O)c1cnn(C)c1)C(=O)N(C)C. The Hall–Kier alpha value is -1.85. The van der Waals surface area contributed by atoms with E-state index < -0.39 is 12.1 Å². The maximum Gasteiger partial charge on any atom is 0.342 e. The van der Waals surface area contributed by atoms with Crippen LogP contribution in [-0.2, 0) is 16.6 Å². The zero-order valence-corrected chi connectivity index (χ0v) is 9.80. The third kappa shape index (κ3) is 2.82. The van der Waals surface area contributed by atoms with Crippen molar-refractivity contribution in [1.29, 1.82) is 0 Å². The summed E-state index contributed by atoms with van der Waals surface area (Å²) in [6.45, 7) is 1.54. The second-order valence-corrected chi connectivity index (χ2v) is 3.68. The molecule has 0 bridgehead atoms. The van der Waals surface area contributed by atoms with Crippen LogP contribution in [-0.4, -0.2) is 46.8 Å². The first-order valence-corrected chi connectivity index (χ1v) is 4.82. The van der Waals surface area contributed by atoms with Gasteiger partial charge in [0.2, 0.25) is 0 Å². The van der Waals surface area contributed by atoms with E-state index in [0.29, 0.717) is 5.56 Å². The van der Waals surface area contributed by atoms with Gasteiger partial charge in [-0.1, -0.05) is 0 Å². The molecule has 16 heavy (non-hydrogen) atoms. The van der Waals surface area contributed by atoms with E-state index in [2.05, 4.69) is 5.10 Å². The number of aromatic nitrogens is 2. The van der Waals surface area contributed by atoms with Gasteiger partial charge in [0.15, 0.2) is 6.10 Å². The molecule has 1 heterocycles. The number of esters is 1. The molecule has 1 aromatic rings. The van der Waals surface area contributed by atoms with Crippen molar-refractivity contribution in [2.24, 2.45) is 7.05 Å². The maximum atomic E-state index is 11.5. The number of carbonyl (C=O) groups is 2. The lowest BCUT2D eigenvalue weighted by atomic mass is 10.3. The van der Waals surface area contributed by atoms with Gasteiger partial charge in [-0.15, -0.1) is 0 Å². The topological polar surface area (TPSA) is 64.4 Å². The predicted molar refractivity (Wildman–Crippen MR) is 56.8 cm³/mol. The highest BCUT2D eigenvalue weighted by molar-refractivity contribution is 5.91. The van der Waals surface area contributed by atoms with E-state index in [1.807, 2.05) is 0 Å². The molecule has 6 nitrogen and oxygen atoms in total. The van der Waals surface area contributed by atoms with Crippen LogP contribution in [0.4, 0.5) is 0 Å². The van der Waals surface area contributed by atoms with Gasteiger partial charge in [0.25, 0.3) is 5.91 Å². The Morgan fingerprint density at radius 3 is 2.56 bits per heavy atom. The molecule has 1 unspecified atom stereocenters. The third-order valence-electron chi connectivity index (χ3n) is 2.01. The Kier molecular flexibility index (Phi) is 3.65. The minimum absolute atomic E-state index is 0.253. The number of amides is 1. The molecule has 0 spiro atoms. The molecule has 0 aromatic carbocycles. The summed E-state index contributed by atoms with van der Waals surface area (Å²) in [6, 6.07) is 0. The van der Waals surface area contributed by atoms with Crippen molar-refractivity contribution in [3.8, 4) is 0 Å². The molecule has 0 radical (unpaired) electrons. The molecular weight excluding hydrogens is 210 g/mol. The number of hydrogen-bond acceptors (Lipinski definition) is 4. The fourth-order valence-corrected chi connectivity index (χ4v) is 1.17. The largest absolute Gasteiger partial charge is 0.449 e. The second kappa shape index (κ2) is 4.78. The molecule has 1 amide bonds. The highest BCUT2D eigenvalue weighted by atomic mass is 16.5. The minimum atomic E-state index is -0.789. The van der Waals surface area contributed by atoms with E-state index in [1.54, 1.807) is 21.1 Å². The summed E-state index contributed by atoms with van der Waals surface area (Å²) in [4.78, 5) is 24.4. The normalized spacial score (nSPS) is 12.0. The molecule has 0 aliphatic heterocycles. The van der Waals surface area contributed by atoms with Crippen molar-refractivity contribution in [3.05, 3.63) is 18.0 Å². The average molecular weight is 225 g/mol. The smallest absolute Gasteiger partial charge is 0.342 e. The van der Waals surface area contributed by atoms with Crippen LogP contribution in [0.25, 0.3) is 0 Å². The van der Waals surface area contributed by atoms with Crippen LogP contribution in [0.5, 0.6) is 0 Å². The number of rotatable bonds is 3. The van der Waals surface area contributed by atoms with Gasteiger partial charge in [0.1, 0.15) is 0 Å². The zero-order valence-electron chi connectivity index (χ0n) is 9.80. The highest BCUT2D eigenvalue weighted by Gasteiger charge is 2.20. The summed E-state index contributed by atoms with van der Waals surface area (Å²) in [6.07, 6.45) is 2.15. The van der Waals surface area contributed by atoms with Crippen LogP contribution in [0.1, 0.15) is 17.3 Å². The molecular formula is C10H15N3O3. The van der Waals surface area contributed by atoms with Gasteiger partial charge in [0, 0.05) is 27.3 Å². The van der Waals surface area contributed by atoms with Crippen LogP contribution < -0.4 is 0 Å². The standard InChI is InChI=1S/C10H15N3O3/c1-7(9(14)12(2)3)16-10(15)8-5-11-13(4)6-8/h5-7H,1-4H3. The maximum absolute atomic E-state index is 11.5. The van der Waals surface area contributed by atoms with E-state index in [0.717, 1.165) is 0 Å². The predicted octanol–water partition coefficient (Wildman–Crippen LogP) is 0.0536. The van der Waals surface area contributed by atoms with Gasteiger partial charge in [-0.3, -0.25) is 9.48 Å². The summed E-state index contributed by atoms with van der Waals surface area (Å²) in [5.41, 5.74) is 0.334. The van der Waals surface area contributed by atoms with Crippen LogP contribution in [0.3, 0.4) is 0 Å². The number of hydrogen-bond donors (Lipinski definition) is 0. The van der Waals surface area contributed by atoms with E-state index in [4.69, 9.17) is 4.74 Å². The van der Waals surface area contributed by atoms with Gasteiger partial charge in [0.05, 0.1) is 11.8 Å². The van der Waals surface area contributed by atoms with E-state index >= 15 is 0 Å². The second-order valence-electron chi connectivity index (χ2n) is 3.68. The number of aryl methyl sites for hydroxylation is 1. The number of nitrogens with zero attached hydrogens (tertiary/aromatic N) is 3. The fourth-order valence-electron chi connectivity index (χ4n) is 1.17. The van der Waals surface area contributed by atoms with Crippen molar-refractivity contribution >= 4 is 11.9 Å². The van der Waals surface area contributed by atoms with E-state index in [1.165, 1.54) is 28.9 Å². The highest BCUT2D eigenvalue weighted by Crippen LogP contribution is 2.04. The average Bonchev–Trinajstić information content (AvgIpc) is 2.63. The van der Waals surface area contributed by atoms with E-state index in [-0.39, 0.29) is 5.91 Å². The van der Waals surface area contributed by atoms with E-state index in [9.17, 15) is 9.59 Å². The lowest BCUT2D eigenvalue weighted by Gasteiger charge is -2.16. The quantitative estimate of drug-likeness (QED) is 0.682. The van der Waals surface area contributed by atoms with Crippen LogP contribution in [0.15, 0.2) is 12.4 Å². The Labute approximate surface area is 93.8 Å². The first-order valence-electron chi connectivity index (χ1n) is 4.82. The first-order chi connectivity index (χ1) is 7.41. The molecule has 88 valence electrons. The van der Waals surface area contributed by atoms with Gasteiger partial charge in [-0.25, -0.2) is 4.79 Å². The van der Waals surface area contributed by atoms with Gasteiger partial charge in [-0.2, -0.15) is 5.10 Å². The molecule has 0 saturated carbocycles. The number of ether oxygens (including phenoxy) is 1. The molecule has 6 heteroatoms. The lowest BCUT2D eigenvalue weighted by molar-refractivity contribution is -0.137. The van der Waals surface area contributed by atoms with Crippen LogP contribution in [0, 0.1) is 0 Å². The van der Waals surface area contributed by atoms with Gasteiger partial charge < -0.3 is 9.64 Å². The summed E-state index contributed by atoms with van der Waals surface area (Å²) in [5, 5.41) is 3.85. The molecule has 1 rings (SSSR count).